The van der Waals surface area contributed by atoms with Crippen LogP contribution in [0.25, 0.3) is 0 Å². The van der Waals surface area contributed by atoms with Crippen molar-refractivity contribution in [3.8, 4) is 5.75 Å². The number of nitrogens with zero attached hydrogens (tertiary/aromatic N) is 2. The van der Waals surface area contributed by atoms with E-state index in [2.05, 4.69) is 17.1 Å². The number of anilines is 2. The third-order valence-corrected chi connectivity index (χ3v) is 6.68. The number of benzene rings is 2. The van der Waals surface area contributed by atoms with Crippen LogP contribution in [0.15, 0.2) is 66.0 Å². The number of hydrogen-bond acceptors (Lipinski definition) is 5. The van der Waals surface area contributed by atoms with Gasteiger partial charge in [0.15, 0.2) is 0 Å². The van der Waals surface area contributed by atoms with Gasteiger partial charge in [0.25, 0.3) is 11.8 Å². The van der Waals surface area contributed by atoms with E-state index in [-0.39, 0.29) is 17.9 Å². The molecule has 2 heterocycles. The molecule has 33 heavy (non-hydrogen) atoms. The van der Waals surface area contributed by atoms with E-state index in [9.17, 15) is 9.59 Å². The molecule has 0 bridgehead atoms. The van der Waals surface area contributed by atoms with Gasteiger partial charge in [0.05, 0.1) is 11.0 Å². The molecule has 2 amide bonds. The zero-order chi connectivity index (χ0) is 23.2. The summed E-state index contributed by atoms with van der Waals surface area (Å²) in [6.45, 7) is 7.07. The quantitative estimate of drug-likeness (QED) is 0.527. The Hall–Kier alpha value is -3.32. The number of nitrogens with one attached hydrogen (secondary N) is 1. The summed E-state index contributed by atoms with van der Waals surface area (Å²) in [7, 11) is 0. The molecule has 1 aliphatic rings. The lowest BCUT2D eigenvalue weighted by atomic mass is 10.2. The number of carbonyl (C=O) groups is 2. The van der Waals surface area contributed by atoms with Crippen LogP contribution in [0.4, 0.5) is 11.4 Å². The first kappa shape index (κ1) is 22.9. The minimum atomic E-state index is -0.154. The van der Waals surface area contributed by atoms with E-state index in [0.29, 0.717) is 18.7 Å². The van der Waals surface area contributed by atoms with Crippen molar-refractivity contribution in [1.29, 1.82) is 0 Å². The topological polar surface area (TPSA) is 61.9 Å². The van der Waals surface area contributed by atoms with Crippen molar-refractivity contribution in [2.45, 2.75) is 26.4 Å². The lowest BCUT2D eigenvalue weighted by molar-refractivity contribution is 0.0751. The molecular weight excluding hydrogens is 434 g/mol. The second kappa shape index (κ2) is 10.5. The molecule has 0 aliphatic carbocycles. The predicted octanol–water partition coefficient (Wildman–Crippen LogP) is 5.14. The molecule has 3 aromatic rings. The van der Waals surface area contributed by atoms with Crippen LogP contribution >= 0.6 is 11.3 Å². The van der Waals surface area contributed by atoms with Gasteiger partial charge in [-0.1, -0.05) is 13.0 Å². The molecule has 1 aromatic heterocycles. The molecule has 6 nitrogen and oxygen atoms in total. The van der Waals surface area contributed by atoms with E-state index >= 15 is 0 Å². The van der Waals surface area contributed by atoms with Gasteiger partial charge in [-0.2, -0.15) is 0 Å². The van der Waals surface area contributed by atoms with Crippen molar-refractivity contribution in [2.24, 2.45) is 0 Å². The number of hydrogen-bond donors (Lipinski definition) is 1. The maximum atomic E-state index is 12.6. The van der Waals surface area contributed by atoms with E-state index in [1.54, 1.807) is 12.1 Å². The SMILES string of the molecule is CCC(C)Oc1ccc(C(=O)Nc2ccc(N3CCN(C(=O)c4cccs4)CC3)cc2)cc1. The van der Waals surface area contributed by atoms with Crippen LogP contribution in [0.3, 0.4) is 0 Å². The summed E-state index contributed by atoms with van der Waals surface area (Å²) in [5, 5.41) is 4.88. The summed E-state index contributed by atoms with van der Waals surface area (Å²) in [5.41, 5.74) is 2.42. The summed E-state index contributed by atoms with van der Waals surface area (Å²) >= 11 is 1.48. The lowest BCUT2D eigenvalue weighted by Gasteiger charge is -2.36. The number of ether oxygens (including phenoxy) is 1. The van der Waals surface area contributed by atoms with E-state index < -0.39 is 0 Å². The highest BCUT2D eigenvalue weighted by atomic mass is 32.1. The first-order valence-electron chi connectivity index (χ1n) is 11.3. The second-order valence-electron chi connectivity index (χ2n) is 8.12. The Morgan fingerprint density at radius 3 is 2.30 bits per heavy atom. The minimum absolute atomic E-state index is 0.113. The number of piperazine rings is 1. The fraction of sp³-hybridized carbons (Fsp3) is 0.308. The maximum Gasteiger partial charge on any atom is 0.264 e. The average Bonchev–Trinajstić information content (AvgIpc) is 3.39. The fourth-order valence-corrected chi connectivity index (χ4v) is 4.37. The van der Waals surface area contributed by atoms with Crippen LogP contribution in [0.5, 0.6) is 5.75 Å². The highest BCUT2D eigenvalue weighted by Crippen LogP contribution is 2.22. The van der Waals surface area contributed by atoms with E-state index in [0.717, 1.165) is 41.5 Å². The normalized spacial score (nSPS) is 14.6. The molecule has 0 spiro atoms. The van der Waals surface area contributed by atoms with Gasteiger partial charge in [-0.25, -0.2) is 0 Å². The lowest BCUT2D eigenvalue weighted by Crippen LogP contribution is -2.48. The van der Waals surface area contributed by atoms with Gasteiger partial charge >= 0.3 is 0 Å². The number of carbonyl (C=O) groups excluding carboxylic acids is 2. The van der Waals surface area contributed by atoms with Crippen LogP contribution in [0.2, 0.25) is 0 Å². The van der Waals surface area contributed by atoms with Crippen molar-refractivity contribution >= 4 is 34.5 Å². The molecule has 1 aliphatic heterocycles. The first-order chi connectivity index (χ1) is 16.0. The molecule has 7 heteroatoms. The molecule has 1 fully saturated rings. The Balaban J connectivity index is 1.29. The summed E-state index contributed by atoms with van der Waals surface area (Å²) in [4.78, 5) is 30.1. The Morgan fingerprint density at radius 1 is 1.00 bits per heavy atom. The van der Waals surface area contributed by atoms with Gasteiger partial charge in [-0.15, -0.1) is 11.3 Å². The summed E-state index contributed by atoms with van der Waals surface area (Å²) in [5.74, 6) is 0.725. The smallest absolute Gasteiger partial charge is 0.264 e. The van der Waals surface area contributed by atoms with Crippen molar-refractivity contribution in [1.82, 2.24) is 4.90 Å². The highest BCUT2D eigenvalue weighted by molar-refractivity contribution is 7.12. The van der Waals surface area contributed by atoms with Gasteiger partial charge in [-0.3, -0.25) is 9.59 Å². The van der Waals surface area contributed by atoms with Crippen molar-refractivity contribution in [2.75, 3.05) is 36.4 Å². The fourth-order valence-electron chi connectivity index (χ4n) is 3.68. The van der Waals surface area contributed by atoms with Gasteiger partial charge in [0.2, 0.25) is 0 Å². The molecule has 2 aromatic carbocycles. The molecule has 1 N–H and O–H groups in total. The summed E-state index contributed by atoms with van der Waals surface area (Å²) < 4.78 is 5.77. The van der Waals surface area contributed by atoms with Crippen molar-refractivity contribution in [3.63, 3.8) is 0 Å². The molecule has 0 radical (unpaired) electrons. The zero-order valence-corrected chi connectivity index (χ0v) is 19.8. The van der Waals surface area contributed by atoms with Crippen LogP contribution in [0, 0.1) is 0 Å². The predicted molar refractivity (Wildman–Crippen MR) is 134 cm³/mol. The van der Waals surface area contributed by atoms with Crippen LogP contribution in [-0.2, 0) is 0 Å². The number of thiophene rings is 1. The maximum absolute atomic E-state index is 12.6. The van der Waals surface area contributed by atoms with E-state index in [1.807, 2.05) is 65.7 Å². The Labute approximate surface area is 198 Å². The van der Waals surface area contributed by atoms with Gasteiger partial charge in [0, 0.05) is 43.1 Å². The summed E-state index contributed by atoms with van der Waals surface area (Å²) in [6, 6.07) is 18.8. The molecule has 172 valence electrons. The summed E-state index contributed by atoms with van der Waals surface area (Å²) in [6.07, 6.45) is 1.08. The molecule has 1 unspecified atom stereocenters. The average molecular weight is 464 g/mol. The zero-order valence-electron chi connectivity index (χ0n) is 19.0. The van der Waals surface area contributed by atoms with Gasteiger partial charge in [0.1, 0.15) is 5.75 Å². The largest absolute Gasteiger partial charge is 0.491 e. The molecule has 1 atom stereocenters. The minimum Gasteiger partial charge on any atom is -0.491 e. The highest BCUT2D eigenvalue weighted by Gasteiger charge is 2.22. The van der Waals surface area contributed by atoms with Crippen molar-refractivity contribution < 1.29 is 14.3 Å². The molecule has 1 saturated heterocycles. The third-order valence-electron chi connectivity index (χ3n) is 5.82. The Kier molecular flexibility index (Phi) is 7.29. The third kappa shape index (κ3) is 5.73. The van der Waals surface area contributed by atoms with E-state index in [1.165, 1.54) is 11.3 Å². The Bertz CT molecular complexity index is 1060. The van der Waals surface area contributed by atoms with Crippen LogP contribution in [-0.4, -0.2) is 49.0 Å². The first-order valence-corrected chi connectivity index (χ1v) is 12.2. The number of rotatable bonds is 7. The monoisotopic (exact) mass is 463 g/mol. The van der Waals surface area contributed by atoms with E-state index in [4.69, 9.17) is 4.74 Å². The molecule has 0 saturated carbocycles. The standard InChI is InChI=1S/C26H29N3O3S/c1-3-19(2)32-23-12-6-20(7-13-23)25(30)27-21-8-10-22(11-9-21)28-14-16-29(17-15-28)26(31)24-5-4-18-33-24/h4-13,18-19H,3,14-17H2,1-2H3,(H,27,30). The van der Waals surface area contributed by atoms with Crippen LogP contribution in [0.1, 0.15) is 40.3 Å². The van der Waals surface area contributed by atoms with Gasteiger partial charge in [-0.05, 0) is 73.3 Å². The molecular formula is C26H29N3O3S. The van der Waals surface area contributed by atoms with Crippen LogP contribution < -0.4 is 15.0 Å². The number of amides is 2. The van der Waals surface area contributed by atoms with Gasteiger partial charge < -0.3 is 19.9 Å². The van der Waals surface area contributed by atoms with Crippen molar-refractivity contribution in [3.05, 3.63) is 76.5 Å². The second-order valence-corrected chi connectivity index (χ2v) is 9.07. The Morgan fingerprint density at radius 2 is 1.70 bits per heavy atom. The molecule has 4 rings (SSSR count).